The Labute approximate surface area is 130 Å². The average Bonchev–Trinajstić information content (AvgIpc) is 2.35. The van der Waals surface area contributed by atoms with E-state index in [0.29, 0.717) is 0 Å². The van der Waals surface area contributed by atoms with Crippen LogP contribution in [0, 0.1) is 12.7 Å². The number of hydrogen-bond donors (Lipinski definition) is 0. The molecular weight excluding hydrogens is 289 g/mol. The van der Waals surface area contributed by atoms with Crippen molar-refractivity contribution in [2.45, 2.75) is 45.3 Å². The highest BCUT2D eigenvalue weighted by molar-refractivity contribution is 6.77. The van der Waals surface area contributed by atoms with E-state index in [0.717, 1.165) is 17.2 Å². The van der Waals surface area contributed by atoms with Crippen LogP contribution in [0.3, 0.4) is 0 Å². The molecule has 0 aliphatic carbocycles. The molecule has 1 heterocycles. The standard InChI is InChI=1S/C16H26FNSi.ClH/c1-14-8-7-9-15(16(14)17)12-19(2,3)13-18-10-5-4-6-11-18;/h7-9H,4-6,10-13H2,1-3H3;1H. The molecule has 0 unspecified atom stereocenters. The van der Waals surface area contributed by atoms with Gasteiger partial charge in [-0.1, -0.05) is 37.7 Å². The summed E-state index contributed by atoms with van der Waals surface area (Å²) in [6, 6.07) is 6.77. The van der Waals surface area contributed by atoms with Crippen molar-refractivity contribution in [3.63, 3.8) is 0 Å². The van der Waals surface area contributed by atoms with Gasteiger partial charge in [-0.2, -0.15) is 0 Å². The minimum Gasteiger partial charge on any atom is -0.306 e. The van der Waals surface area contributed by atoms with E-state index in [1.54, 1.807) is 0 Å². The number of piperidine rings is 1. The van der Waals surface area contributed by atoms with Gasteiger partial charge in [0.2, 0.25) is 0 Å². The number of halogens is 2. The fourth-order valence-corrected chi connectivity index (χ4v) is 6.08. The second-order valence-corrected chi connectivity index (χ2v) is 11.7. The molecule has 114 valence electrons. The highest BCUT2D eigenvalue weighted by atomic mass is 35.5. The Morgan fingerprint density at radius 3 is 2.45 bits per heavy atom. The zero-order valence-electron chi connectivity index (χ0n) is 12.9. The average molecular weight is 316 g/mol. The molecular formula is C16H27ClFNSi. The predicted molar refractivity (Wildman–Crippen MR) is 89.9 cm³/mol. The van der Waals surface area contributed by atoms with Crippen molar-refractivity contribution in [1.82, 2.24) is 4.90 Å². The Balaban J connectivity index is 0.00000200. The Morgan fingerprint density at radius 2 is 1.80 bits per heavy atom. The third-order valence-corrected chi connectivity index (χ3v) is 6.68. The van der Waals surface area contributed by atoms with E-state index in [1.807, 2.05) is 25.1 Å². The van der Waals surface area contributed by atoms with E-state index in [2.05, 4.69) is 18.0 Å². The predicted octanol–water partition coefficient (Wildman–Crippen LogP) is 4.37. The van der Waals surface area contributed by atoms with Crippen LogP contribution in [-0.4, -0.2) is 32.2 Å². The smallest absolute Gasteiger partial charge is 0.129 e. The van der Waals surface area contributed by atoms with Crippen molar-refractivity contribution < 1.29 is 4.39 Å². The van der Waals surface area contributed by atoms with Gasteiger partial charge in [-0.15, -0.1) is 12.4 Å². The second-order valence-electron chi connectivity index (χ2n) is 6.73. The summed E-state index contributed by atoms with van der Waals surface area (Å²) in [6.45, 7) is 9.13. The van der Waals surface area contributed by atoms with Crippen LogP contribution in [-0.2, 0) is 6.04 Å². The van der Waals surface area contributed by atoms with E-state index in [9.17, 15) is 4.39 Å². The van der Waals surface area contributed by atoms with Gasteiger partial charge in [0.05, 0.1) is 8.07 Å². The first kappa shape index (κ1) is 17.7. The van der Waals surface area contributed by atoms with Crippen LogP contribution in [0.2, 0.25) is 13.1 Å². The van der Waals surface area contributed by atoms with Crippen molar-refractivity contribution >= 4 is 20.5 Å². The fourth-order valence-electron chi connectivity index (χ4n) is 3.14. The zero-order chi connectivity index (χ0) is 13.9. The van der Waals surface area contributed by atoms with Crippen LogP contribution in [0.4, 0.5) is 4.39 Å². The Kier molecular flexibility index (Phi) is 6.69. The third-order valence-electron chi connectivity index (χ3n) is 4.04. The summed E-state index contributed by atoms with van der Waals surface area (Å²) in [4.78, 5) is 2.60. The summed E-state index contributed by atoms with van der Waals surface area (Å²) in [7, 11) is -1.40. The summed E-state index contributed by atoms with van der Waals surface area (Å²) in [5, 5.41) is 0. The summed E-state index contributed by atoms with van der Waals surface area (Å²) >= 11 is 0. The number of aryl methyl sites for hydroxylation is 1. The molecule has 0 radical (unpaired) electrons. The molecule has 20 heavy (non-hydrogen) atoms. The SMILES string of the molecule is Cc1cccc(C[Si](C)(C)CN2CCCCC2)c1F.Cl. The Morgan fingerprint density at radius 1 is 1.15 bits per heavy atom. The van der Waals surface area contributed by atoms with Gasteiger partial charge < -0.3 is 4.90 Å². The van der Waals surface area contributed by atoms with Crippen molar-refractivity contribution in [3.05, 3.63) is 35.1 Å². The molecule has 4 heteroatoms. The summed E-state index contributed by atoms with van der Waals surface area (Å²) in [5.74, 6) is 0.0155. The van der Waals surface area contributed by atoms with Gasteiger partial charge in [-0.3, -0.25) is 0 Å². The van der Waals surface area contributed by atoms with Crippen LogP contribution >= 0.6 is 12.4 Å². The lowest BCUT2D eigenvalue weighted by atomic mass is 10.1. The van der Waals surface area contributed by atoms with Gasteiger partial charge in [-0.05, 0) is 56.2 Å². The van der Waals surface area contributed by atoms with E-state index < -0.39 is 8.07 Å². The zero-order valence-corrected chi connectivity index (χ0v) is 14.7. The van der Waals surface area contributed by atoms with Gasteiger partial charge in [-0.25, -0.2) is 4.39 Å². The number of nitrogens with zero attached hydrogens (tertiary/aromatic N) is 1. The normalized spacial score (nSPS) is 16.8. The molecule has 0 N–H and O–H groups in total. The van der Waals surface area contributed by atoms with E-state index in [1.165, 1.54) is 38.5 Å². The van der Waals surface area contributed by atoms with Crippen molar-refractivity contribution in [1.29, 1.82) is 0 Å². The number of rotatable bonds is 4. The van der Waals surface area contributed by atoms with Gasteiger partial charge in [0.25, 0.3) is 0 Å². The van der Waals surface area contributed by atoms with Crippen molar-refractivity contribution in [2.24, 2.45) is 0 Å². The highest BCUT2D eigenvalue weighted by Gasteiger charge is 2.26. The molecule has 1 fully saturated rings. The Hall–Kier alpha value is -0.383. The molecule has 1 nitrogen and oxygen atoms in total. The van der Waals surface area contributed by atoms with E-state index in [-0.39, 0.29) is 18.2 Å². The van der Waals surface area contributed by atoms with Crippen LogP contribution in [0.5, 0.6) is 0 Å². The minimum atomic E-state index is -1.40. The quantitative estimate of drug-likeness (QED) is 0.746. The monoisotopic (exact) mass is 315 g/mol. The van der Waals surface area contributed by atoms with Crippen molar-refractivity contribution in [3.8, 4) is 0 Å². The molecule has 0 atom stereocenters. The molecule has 1 saturated heterocycles. The first-order chi connectivity index (χ1) is 8.98. The lowest BCUT2D eigenvalue weighted by Gasteiger charge is -2.34. The van der Waals surface area contributed by atoms with Crippen LogP contribution < -0.4 is 0 Å². The van der Waals surface area contributed by atoms with E-state index in [4.69, 9.17) is 0 Å². The third kappa shape index (κ3) is 4.87. The van der Waals surface area contributed by atoms with Gasteiger partial charge in [0.15, 0.2) is 0 Å². The maximum Gasteiger partial charge on any atom is 0.129 e. The molecule has 1 aliphatic heterocycles. The first-order valence-corrected chi connectivity index (χ1v) is 10.9. The second kappa shape index (κ2) is 7.58. The highest BCUT2D eigenvalue weighted by Crippen LogP contribution is 2.20. The summed E-state index contributed by atoms with van der Waals surface area (Å²) in [5.41, 5.74) is 1.70. The lowest BCUT2D eigenvalue weighted by Crippen LogP contribution is -2.46. The number of hydrogen-bond acceptors (Lipinski definition) is 1. The summed E-state index contributed by atoms with van der Waals surface area (Å²) < 4.78 is 14.1. The number of benzene rings is 1. The first-order valence-electron chi connectivity index (χ1n) is 7.44. The van der Waals surface area contributed by atoms with Crippen LogP contribution in [0.1, 0.15) is 30.4 Å². The maximum atomic E-state index is 14.1. The topological polar surface area (TPSA) is 3.24 Å². The van der Waals surface area contributed by atoms with E-state index >= 15 is 0 Å². The van der Waals surface area contributed by atoms with Gasteiger partial charge in [0, 0.05) is 0 Å². The van der Waals surface area contributed by atoms with Gasteiger partial charge in [0.1, 0.15) is 5.82 Å². The fraction of sp³-hybridized carbons (Fsp3) is 0.625. The molecule has 0 saturated carbocycles. The molecule has 0 bridgehead atoms. The molecule has 1 aromatic carbocycles. The Bertz CT molecular complexity index is 430. The molecule has 0 amide bonds. The summed E-state index contributed by atoms with van der Waals surface area (Å²) in [6.07, 6.45) is 5.26. The molecule has 0 aromatic heterocycles. The van der Waals surface area contributed by atoms with Crippen LogP contribution in [0.25, 0.3) is 0 Å². The molecule has 1 aliphatic rings. The maximum absolute atomic E-state index is 14.1. The van der Waals surface area contributed by atoms with Crippen LogP contribution in [0.15, 0.2) is 18.2 Å². The molecule has 0 spiro atoms. The molecule has 2 rings (SSSR count). The van der Waals surface area contributed by atoms with Crippen molar-refractivity contribution in [2.75, 3.05) is 19.3 Å². The van der Waals surface area contributed by atoms with Gasteiger partial charge >= 0.3 is 0 Å². The largest absolute Gasteiger partial charge is 0.306 e. The number of likely N-dealkylation sites (tertiary alicyclic amines) is 1. The lowest BCUT2D eigenvalue weighted by molar-refractivity contribution is 0.258. The molecule has 1 aromatic rings. The minimum absolute atomic E-state index is 0.